The monoisotopic (exact) mass is 189 g/mol. The Morgan fingerprint density at radius 1 is 1.25 bits per heavy atom. The molecule has 0 radical (unpaired) electrons. The van der Waals surface area contributed by atoms with Crippen LogP contribution < -0.4 is 5.73 Å². The van der Waals surface area contributed by atoms with Crippen LogP contribution in [0.4, 0.5) is 0 Å². The molecule has 0 spiro atoms. The summed E-state index contributed by atoms with van der Waals surface area (Å²) in [6.07, 6.45) is 3.82. The van der Waals surface area contributed by atoms with Crippen molar-refractivity contribution in [1.29, 1.82) is 0 Å². The van der Waals surface area contributed by atoms with Crippen molar-refractivity contribution in [3.63, 3.8) is 0 Å². The third kappa shape index (κ3) is 8.41. The van der Waals surface area contributed by atoms with Crippen molar-refractivity contribution in [2.75, 3.05) is 11.5 Å². The molecule has 0 amide bonds. The maximum absolute atomic E-state index is 5.93. The number of rotatable bonds is 7. The van der Waals surface area contributed by atoms with Gasteiger partial charge in [0.2, 0.25) is 0 Å². The fraction of sp³-hybridized carbons (Fsp3) is 1.00. The average Bonchev–Trinajstić information content (AvgIpc) is 2.00. The summed E-state index contributed by atoms with van der Waals surface area (Å²) in [5.74, 6) is 3.16. The third-order valence-corrected chi connectivity index (χ3v) is 2.96. The van der Waals surface area contributed by atoms with E-state index in [1.807, 2.05) is 11.8 Å². The molecule has 0 aliphatic heterocycles. The van der Waals surface area contributed by atoms with Crippen molar-refractivity contribution in [2.45, 2.75) is 46.1 Å². The summed E-state index contributed by atoms with van der Waals surface area (Å²) >= 11 is 1.95. The highest BCUT2D eigenvalue weighted by atomic mass is 32.2. The molecule has 0 aliphatic rings. The summed E-state index contributed by atoms with van der Waals surface area (Å²) in [5, 5.41) is 0. The van der Waals surface area contributed by atoms with Gasteiger partial charge in [0.25, 0.3) is 0 Å². The van der Waals surface area contributed by atoms with Crippen molar-refractivity contribution in [3.8, 4) is 0 Å². The molecule has 12 heavy (non-hydrogen) atoms. The number of hydrogen-bond donors (Lipinski definition) is 1. The molecule has 0 saturated heterocycles. The predicted octanol–water partition coefficient (Wildman–Crippen LogP) is 2.89. The first-order valence-electron chi connectivity index (χ1n) is 5.00. The van der Waals surface area contributed by atoms with E-state index in [2.05, 4.69) is 20.8 Å². The van der Waals surface area contributed by atoms with Gasteiger partial charge >= 0.3 is 0 Å². The van der Waals surface area contributed by atoms with Gasteiger partial charge in [0.1, 0.15) is 0 Å². The molecule has 1 unspecified atom stereocenters. The third-order valence-electron chi connectivity index (χ3n) is 1.89. The zero-order valence-electron chi connectivity index (χ0n) is 8.68. The molecule has 0 fully saturated rings. The zero-order valence-corrected chi connectivity index (χ0v) is 9.49. The Hall–Kier alpha value is 0.310. The number of thioether (sulfide) groups is 1. The standard InChI is InChI=1S/C10H23NS/c1-4-12-8-10(11)7-5-6-9(2)3/h9-10H,4-8,11H2,1-3H3. The molecule has 0 saturated carbocycles. The molecule has 0 heterocycles. The molecule has 0 aromatic heterocycles. The topological polar surface area (TPSA) is 26.0 Å². The first-order valence-corrected chi connectivity index (χ1v) is 6.15. The number of hydrogen-bond acceptors (Lipinski definition) is 2. The summed E-state index contributed by atoms with van der Waals surface area (Å²) in [6, 6.07) is 0.425. The Bertz CT molecular complexity index is 93.8. The summed E-state index contributed by atoms with van der Waals surface area (Å²) in [6.45, 7) is 6.73. The van der Waals surface area contributed by atoms with E-state index in [1.54, 1.807) is 0 Å². The minimum absolute atomic E-state index is 0.425. The molecular formula is C10H23NS. The maximum atomic E-state index is 5.93. The van der Waals surface area contributed by atoms with E-state index in [4.69, 9.17) is 5.73 Å². The second-order valence-electron chi connectivity index (χ2n) is 3.74. The van der Waals surface area contributed by atoms with E-state index in [9.17, 15) is 0 Å². The van der Waals surface area contributed by atoms with Crippen LogP contribution in [0.15, 0.2) is 0 Å². The fourth-order valence-electron chi connectivity index (χ4n) is 1.14. The van der Waals surface area contributed by atoms with Crippen LogP contribution in [-0.4, -0.2) is 17.5 Å². The fourth-order valence-corrected chi connectivity index (χ4v) is 1.85. The first kappa shape index (κ1) is 12.3. The van der Waals surface area contributed by atoms with E-state index < -0.39 is 0 Å². The smallest absolute Gasteiger partial charge is 0.0130 e. The summed E-state index contributed by atoms with van der Waals surface area (Å²) in [7, 11) is 0. The second-order valence-corrected chi connectivity index (χ2v) is 5.06. The van der Waals surface area contributed by atoms with Crippen molar-refractivity contribution < 1.29 is 0 Å². The van der Waals surface area contributed by atoms with E-state index in [1.165, 1.54) is 25.0 Å². The minimum Gasteiger partial charge on any atom is -0.327 e. The molecule has 0 aromatic rings. The molecule has 1 atom stereocenters. The lowest BCUT2D eigenvalue weighted by atomic mass is 10.0. The van der Waals surface area contributed by atoms with Crippen LogP contribution in [0.25, 0.3) is 0 Å². The number of nitrogens with two attached hydrogens (primary N) is 1. The van der Waals surface area contributed by atoms with E-state index in [0.717, 1.165) is 11.7 Å². The summed E-state index contributed by atoms with van der Waals surface area (Å²) < 4.78 is 0. The van der Waals surface area contributed by atoms with Gasteiger partial charge in [-0.3, -0.25) is 0 Å². The van der Waals surface area contributed by atoms with Gasteiger partial charge in [0.05, 0.1) is 0 Å². The Kier molecular flexibility index (Phi) is 8.14. The molecule has 0 aromatic carbocycles. The second kappa shape index (κ2) is 7.93. The lowest BCUT2D eigenvalue weighted by molar-refractivity contribution is 0.513. The van der Waals surface area contributed by atoms with E-state index >= 15 is 0 Å². The normalized spacial score (nSPS) is 13.8. The van der Waals surface area contributed by atoms with Gasteiger partial charge in [-0.25, -0.2) is 0 Å². The molecule has 2 heteroatoms. The van der Waals surface area contributed by atoms with E-state index in [-0.39, 0.29) is 0 Å². The van der Waals surface area contributed by atoms with Crippen LogP contribution in [-0.2, 0) is 0 Å². The van der Waals surface area contributed by atoms with Crippen LogP contribution in [0.2, 0.25) is 0 Å². The van der Waals surface area contributed by atoms with Gasteiger partial charge in [-0.15, -0.1) is 0 Å². The van der Waals surface area contributed by atoms with Crippen molar-refractivity contribution in [2.24, 2.45) is 11.7 Å². The van der Waals surface area contributed by atoms with Crippen LogP contribution in [0.1, 0.15) is 40.0 Å². The van der Waals surface area contributed by atoms with Crippen LogP contribution in [0.5, 0.6) is 0 Å². The van der Waals surface area contributed by atoms with Crippen molar-refractivity contribution in [1.82, 2.24) is 0 Å². The Morgan fingerprint density at radius 2 is 1.92 bits per heavy atom. The van der Waals surface area contributed by atoms with Gasteiger partial charge in [0, 0.05) is 11.8 Å². The van der Waals surface area contributed by atoms with Crippen molar-refractivity contribution >= 4 is 11.8 Å². The SMILES string of the molecule is CCSCC(N)CCCC(C)C. The molecule has 0 bridgehead atoms. The van der Waals surface area contributed by atoms with Crippen LogP contribution in [0.3, 0.4) is 0 Å². The van der Waals surface area contributed by atoms with Gasteiger partial charge in [0.15, 0.2) is 0 Å². The largest absolute Gasteiger partial charge is 0.327 e. The van der Waals surface area contributed by atoms with Crippen LogP contribution >= 0.6 is 11.8 Å². The highest BCUT2D eigenvalue weighted by molar-refractivity contribution is 7.99. The summed E-state index contributed by atoms with van der Waals surface area (Å²) in [4.78, 5) is 0. The Morgan fingerprint density at radius 3 is 2.42 bits per heavy atom. The van der Waals surface area contributed by atoms with Crippen molar-refractivity contribution in [3.05, 3.63) is 0 Å². The zero-order chi connectivity index (χ0) is 9.40. The Balaban J connectivity index is 3.13. The molecule has 0 rings (SSSR count). The van der Waals surface area contributed by atoms with Gasteiger partial charge in [-0.05, 0) is 18.1 Å². The molecule has 0 aliphatic carbocycles. The van der Waals surface area contributed by atoms with Gasteiger partial charge in [-0.2, -0.15) is 11.8 Å². The van der Waals surface area contributed by atoms with Gasteiger partial charge < -0.3 is 5.73 Å². The lowest BCUT2D eigenvalue weighted by Gasteiger charge is -2.11. The minimum atomic E-state index is 0.425. The predicted molar refractivity (Wildman–Crippen MR) is 59.7 cm³/mol. The highest BCUT2D eigenvalue weighted by Crippen LogP contribution is 2.10. The Labute approximate surface area is 81.5 Å². The average molecular weight is 189 g/mol. The lowest BCUT2D eigenvalue weighted by Crippen LogP contribution is -2.22. The molecule has 1 nitrogen and oxygen atoms in total. The first-order chi connectivity index (χ1) is 5.66. The molecular weight excluding hydrogens is 166 g/mol. The van der Waals surface area contributed by atoms with E-state index in [0.29, 0.717) is 6.04 Å². The molecule has 2 N–H and O–H groups in total. The quantitative estimate of drug-likeness (QED) is 0.666. The van der Waals surface area contributed by atoms with Crippen LogP contribution in [0, 0.1) is 5.92 Å². The highest BCUT2D eigenvalue weighted by Gasteiger charge is 2.02. The molecule has 74 valence electrons. The maximum Gasteiger partial charge on any atom is 0.0130 e. The van der Waals surface area contributed by atoms with Gasteiger partial charge in [-0.1, -0.05) is 33.6 Å². The summed E-state index contributed by atoms with van der Waals surface area (Å²) in [5.41, 5.74) is 5.93.